The van der Waals surface area contributed by atoms with Crippen LogP contribution in [0.15, 0.2) is 47.4 Å². The molecule has 128 valence electrons. The average molecular weight is 340 g/mol. The fourth-order valence-electron chi connectivity index (χ4n) is 2.73. The van der Waals surface area contributed by atoms with Crippen LogP contribution in [-0.2, 0) is 0 Å². The Kier molecular flexibility index (Phi) is 4.11. The zero-order valence-electron chi connectivity index (χ0n) is 13.4. The molecular weight excluding hydrogens is 324 g/mol. The van der Waals surface area contributed by atoms with Crippen LogP contribution in [0.3, 0.4) is 0 Å². The first-order valence-electron chi connectivity index (χ1n) is 8.00. The highest BCUT2D eigenvalue weighted by molar-refractivity contribution is 5.91. The molecule has 1 aliphatic heterocycles. The van der Waals surface area contributed by atoms with E-state index in [1.807, 2.05) is 6.07 Å². The van der Waals surface area contributed by atoms with E-state index in [2.05, 4.69) is 20.5 Å². The van der Waals surface area contributed by atoms with Gasteiger partial charge in [0.05, 0.1) is 6.20 Å². The van der Waals surface area contributed by atoms with Crippen molar-refractivity contribution in [3.05, 3.63) is 48.6 Å². The molecule has 1 amide bonds. The molecule has 4 rings (SSSR count). The lowest BCUT2D eigenvalue weighted by Gasteiger charge is -2.31. The molecule has 0 radical (unpaired) electrons. The summed E-state index contributed by atoms with van der Waals surface area (Å²) in [6.07, 6.45) is 6.40. The number of nitrogens with zero attached hydrogens (tertiary/aromatic N) is 6. The van der Waals surface area contributed by atoms with E-state index < -0.39 is 0 Å². The number of carbonyl (C=O) groups excluding carboxylic acids is 1. The zero-order chi connectivity index (χ0) is 17.1. The van der Waals surface area contributed by atoms with Gasteiger partial charge in [-0.15, -0.1) is 10.2 Å². The van der Waals surface area contributed by atoms with Gasteiger partial charge in [-0.1, -0.05) is 5.16 Å². The first kappa shape index (κ1) is 15.3. The molecule has 0 atom stereocenters. The van der Waals surface area contributed by atoms with Crippen LogP contribution in [0.2, 0.25) is 0 Å². The van der Waals surface area contributed by atoms with Gasteiger partial charge in [-0.2, -0.15) is 5.10 Å². The fourth-order valence-corrected chi connectivity index (χ4v) is 2.73. The first-order valence-corrected chi connectivity index (χ1v) is 8.00. The second-order valence-corrected chi connectivity index (χ2v) is 5.67. The summed E-state index contributed by atoms with van der Waals surface area (Å²) >= 11 is 0. The molecule has 1 aliphatic rings. The lowest BCUT2D eigenvalue weighted by Crippen LogP contribution is -2.41. The molecule has 1 saturated heterocycles. The standard InChI is InChI=1S/C16H16N6O3/c23-16(13-4-8-18-25-13)21-10-5-12(6-11-21)24-15-3-2-14(19-20-15)22-9-1-7-17-22/h1-4,7-9,12H,5-6,10-11H2. The van der Waals surface area contributed by atoms with Gasteiger partial charge in [0.15, 0.2) is 5.82 Å². The second-order valence-electron chi connectivity index (χ2n) is 5.67. The number of aromatic nitrogens is 5. The van der Waals surface area contributed by atoms with Crippen molar-refractivity contribution in [2.75, 3.05) is 13.1 Å². The van der Waals surface area contributed by atoms with Crippen molar-refractivity contribution in [2.45, 2.75) is 18.9 Å². The van der Waals surface area contributed by atoms with Crippen LogP contribution in [0.5, 0.6) is 5.88 Å². The first-order chi connectivity index (χ1) is 12.3. The molecule has 0 unspecified atom stereocenters. The molecule has 0 N–H and O–H groups in total. The number of carbonyl (C=O) groups is 1. The molecule has 0 bridgehead atoms. The van der Waals surface area contributed by atoms with Gasteiger partial charge < -0.3 is 14.2 Å². The number of amides is 1. The van der Waals surface area contributed by atoms with Crippen molar-refractivity contribution in [1.29, 1.82) is 0 Å². The van der Waals surface area contributed by atoms with Crippen molar-refractivity contribution in [2.24, 2.45) is 0 Å². The normalized spacial score (nSPS) is 15.3. The van der Waals surface area contributed by atoms with E-state index in [1.54, 1.807) is 40.2 Å². The number of rotatable bonds is 4. The Balaban J connectivity index is 1.32. The van der Waals surface area contributed by atoms with Gasteiger partial charge in [0.1, 0.15) is 6.10 Å². The molecule has 9 nitrogen and oxygen atoms in total. The molecule has 0 aromatic carbocycles. The molecule has 1 fully saturated rings. The van der Waals surface area contributed by atoms with E-state index in [0.717, 1.165) is 12.8 Å². The summed E-state index contributed by atoms with van der Waals surface area (Å²) in [6, 6.07) is 6.97. The van der Waals surface area contributed by atoms with Gasteiger partial charge >= 0.3 is 0 Å². The second kappa shape index (κ2) is 6.71. The highest BCUT2D eigenvalue weighted by Crippen LogP contribution is 2.19. The fraction of sp³-hybridized carbons (Fsp3) is 0.312. The molecular formula is C16H16N6O3. The molecule has 25 heavy (non-hydrogen) atoms. The largest absolute Gasteiger partial charge is 0.473 e. The van der Waals surface area contributed by atoms with Crippen LogP contribution in [0.25, 0.3) is 5.82 Å². The summed E-state index contributed by atoms with van der Waals surface area (Å²) in [4.78, 5) is 13.9. The maximum Gasteiger partial charge on any atom is 0.292 e. The molecule has 3 aromatic heterocycles. The summed E-state index contributed by atoms with van der Waals surface area (Å²) in [5.74, 6) is 1.22. The number of likely N-dealkylation sites (tertiary alicyclic amines) is 1. The molecule has 0 aliphatic carbocycles. The molecule has 3 aromatic rings. The van der Waals surface area contributed by atoms with E-state index in [4.69, 9.17) is 9.26 Å². The maximum atomic E-state index is 12.2. The van der Waals surface area contributed by atoms with Crippen LogP contribution in [0, 0.1) is 0 Å². The third-order valence-electron chi connectivity index (χ3n) is 4.03. The topological polar surface area (TPSA) is 99.2 Å². The summed E-state index contributed by atoms with van der Waals surface area (Å²) in [7, 11) is 0. The Labute approximate surface area is 143 Å². The van der Waals surface area contributed by atoms with Crippen LogP contribution in [-0.4, -0.2) is 55.1 Å². The van der Waals surface area contributed by atoms with E-state index >= 15 is 0 Å². The minimum atomic E-state index is -0.140. The number of hydrogen-bond donors (Lipinski definition) is 0. The maximum absolute atomic E-state index is 12.2. The van der Waals surface area contributed by atoms with E-state index in [-0.39, 0.29) is 17.8 Å². The summed E-state index contributed by atoms with van der Waals surface area (Å²) < 4.78 is 12.4. The van der Waals surface area contributed by atoms with Crippen molar-refractivity contribution in [3.8, 4) is 11.7 Å². The number of piperidine rings is 1. The van der Waals surface area contributed by atoms with Gasteiger partial charge in [0, 0.05) is 50.5 Å². The third-order valence-corrected chi connectivity index (χ3v) is 4.03. The van der Waals surface area contributed by atoms with Crippen LogP contribution >= 0.6 is 0 Å². The van der Waals surface area contributed by atoms with Crippen LogP contribution in [0.4, 0.5) is 0 Å². The van der Waals surface area contributed by atoms with E-state index in [9.17, 15) is 4.79 Å². The van der Waals surface area contributed by atoms with Gasteiger partial charge in [0.2, 0.25) is 11.6 Å². The number of ether oxygens (including phenoxy) is 1. The van der Waals surface area contributed by atoms with Crippen molar-refractivity contribution < 1.29 is 14.1 Å². The number of hydrogen-bond acceptors (Lipinski definition) is 7. The average Bonchev–Trinajstić information content (AvgIpc) is 3.36. The highest BCUT2D eigenvalue weighted by atomic mass is 16.5. The minimum absolute atomic E-state index is 0.00336. The van der Waals surface area contributed by atoms with Gasteiger partial charge in [-0.3, -0.25) is 4.79 Å². The monoisotopic (exact) mass is 340 g/mol. The Morgan fingerprint density at radius 3 is 2.68 bits per heavy atom. The third kappa shape index (κ3) is 3.35. The highest BCUT2D eigenvalue weighted by Gasteiger charge is 2.26. The Morgan fingerprint density at radius 1 is 1.16 bits per heavy atom. The lowest BCUT2D eigenvalue weighted by atomic mass is 10.1. The smallest absolute Gasteiger partial charge is 0.292 e. The van der Waals surface area contributed by atoms with Crippen LogP contribution < -0.4 is 4.74 Å². The molecule has 0 spiro atoms. The molecule has 9 heteroatoms. The predicted octanol–water partition coefficient (Wildman–Crippen LogP) is 1.33. The molecule has 0 saturated carbocycles. The van der Waals surface area contributed by atoms with Crippen LogP contribution in [0.1, 0.15) is 23.4 Å². The summed E-state index contributed by atoms with van der Waals surface area (Å²) in [5, 5.41) is 15.9. The quantitative estimate of drug-likeness (QED) is 0.706. The van der Waals surface area contributed by atoms with Gasteiger partial charge in [0.25, 0.3) is 5.91 Å². The zero-order valence-corrected chi connectivity index (χ0v) is 13.4. The van der Waals surface area contributed by atoms with Crippen molar-refractivity contribution in [3.63, 3.8) is 0 Å². The summed E-state index contributed by atoms with van der Waals surface area (Å²) in [5.41, 5.74) is 0. The lowest BCUT2D eigenvalue weighted by molar-refractivity contribution is 0.0549. The Hall–Kier alpha value is -3.23. The van der Waals surface area contributed by atoms with E-state index in [0.29, 0.717) is 24.8 Å². The predicted molar refractivity (Wildman–Crippen MR) is 85.2 cm³/mol. The Bertz CT molecular complexity index is 808. The van der Waals surface area contributed by atoms with Crippen molar-refractivity contribution >= 4 is 5.91 Å². The SMILES string of the molecule is O=C(c1ccno1)N1CCC(Oc2ccc(-n3cccn3)nn2)CC1. The van der Waals surface area contributed by atoms with Crippen molar-refractivity contribution in [1.82, 2.24) is 30.0 Å². The van der Waals surface area contributed by atoms with E-state index in [1.165, 1.54) is 6.20 Å². The van der Waals surface area contributed by atoms with Gasteiger partial charge in [-0.05, 0) is 12.1 Å². The summed E-state index contributed by atoms with van der Waals surface area (Å²) in [6.45, 7) is 1.20. The minimum Gasteiger partial charge on any atom is -0.473 e. The van der Waals surface area contributed by atoms with Gasteiger partial charge in [-0.25, -0.2) is 4.68 Å². The molecule has 4 heterocycles. The Morgan fingerprint density at radius 2 is 2.04 bits per heavy atom.